The Morgan fingerprint density at radius 1 is 1.46 bits per heavy atom. The van der Waals surface area contributed by atoms with E-state index in [1.54, 1.807) is 0 Å². The van der Waals surface area contributed by atoms with Gasteiger partial charge in [0, 0.05) is 11.8 Å². The molecule has 68 valence electrons. The van der Waals surface area contributed by atoms with Crippen molar-refractivity contribution in [3.8, 4) is 0 Å². The first-order valence-corrected chi connectivity index (χ1v) is 5.12. The van der Waals surface area contributed by atoms with Gasteiger partial charge in [-0.05, 0) is 25.2 Å². The van der Waals surface area contributed by atoms with Crippen LogP contribution in [0.3, 0.4) is 0 Å². The Kier molecular flexibility index (Phi) is 0.850. The molecule has 0 unspecified atom stereocenters. The molecule has 0 aromatic carbocycles. The first-order chi connectivity index (χ1) is 6.22. The molecular formula is C11H12O2. The fraction of sp³-hybridized carbons (Fsp3) is 0.727. The summed E-state index contributed by atoms with van der Waals surface area (Å²) in [6.45, 7) is 1.97. The van der Waals surface area contributed by atoms with E-state index in [1.807, 2.05) is 6.92 Å². The normalized spacial score (nSPS) is 65.6. The third kappa shape index (κ3) is 0.531. The number of rotatable bonds is 0. The van der Waals surface area contributed by atoms with Gasteiger partial charge in [-0.3, -0.25) is 4.79 Å². The molecule has 0 radical (unpaired) electrons. The first-order valence-electron chi connectivity index (χ1n) is 5.12. The van der Waals surface area contributed by atoms with E-state index in [9.17, 15) is 4.79 Å². The van der Waals surface area contributed by atoms with Crippen LogP contribution in [0.4, 0.5) is 0 Å². The van der Waals surface area contributed by atoms with E-state index in [4.69, 9.17) is 4.74 Å². The lowest BCUT2D eigenvalue weighted by Gasteiger charge is -2.20. The highest BCUT2D eigenvalue weighted by molar-refractivity contribution is 5.96. The van der Waals surface area contributed by atoms with E-state index in [1.165, 1.54) is 6.42 Å². The number of ketones is 1. The van der Waals surface area contributed by atoms with Crippen LogP contribution in [0.2, 0.25) is 0 Å². The molecule has 13 heavy (non-hydrogen) atoms. The molecule has 1 saturated heterocycles. The monoisotopic (exact) mass is 176 g/mol. The van der Waals surface area contributed by atoms with E-state index in [-0.39, 0.29) is 11.7 Å². The molecule has 2 bridgehead atoms. The third-order valence-electron chi connectivity index (χ3n) is 4.52. The van der Waals surface area contributed by atoms with Gasteiger partial charge in [0.05, 0.1) is 6.10 Å². The Morgan fingerprint density at radius 2 is 2.23 bits per heavy atom. The summed E-state index contributed by atoms with van der Waals surface area (Å²) in [6, 6.07) is 0. The van der Waals surface area contributed by atoms with Crippen LogP contribution < -0.4 is 0 Å². The van der Waals surface area contributed by atoms with Gasteiger partial charge in [0.1, 0.15) is 0 Å². The predicted octanol–water partition coefficient (Wildman–Crippen LogP) is 1.16. The van der Waals surface area contributed by atoms with Crippen LogP contribution in [-0.2, 0) is 9.53 Å². The lowest BCUT2D eigenvalue weighted by Crippen LogP contribution is -2.28. The zero-order chi connectivity index (χ0) is 8.79. The van der Waals surface area contributed by atoms with Crippen molar-refractivity contribution in [3.63, 3.8) is 0 Å². The number of carbonyl (C=O) groups is 1. The number of ether oxygens (including phenoxy) is 1. The van der Waals surface area contributed by atoms with Gasteiger partial charge < -0.3 is 4.74 Å². The van der Waals surface area contributed by atoms with Crippen molar-refractivity contribution in [3.05, 3.63) is 12.2 Å². The van der Waals surface area contributed by atoms with Crippen LogP contribution in [0, 0.1) is 23.7 Å². The van der Waals surface area contributed by atoms with Crippen molar-refractivity contribution >= 4 is 5.78 Å². The van der Waals surface area contributed by atoms with Crippen molar-refractivity contribution in [1.82, 2.24) is 0 Å². The van der Waals surface area contributed by atoms with Crippen molar-refractivity contribution in [2.24, 2.45) is 23.7 Å². The van der Waals surface area contributed by atoms with Gasteiger partial charge in [0.25, 0.3) is 0 Å². The number of Topliss-reactive ketones (excluding diaryl/α,β-unsaturated/α-hetero) is 1. The Labute approximate surface area is 77.0 Å². The zero-order valence-corrected chi connectivity index (χ0v) is 7.57. The highest BCUT2D eigenvalue weighted by Crippen LogP contribution is 2.64. The van der Waals surface area contributed by atoms with Crippen molar-refractivity contribution in [2.75, 3.05) is 0 Å². The molecule has 2 nitrogen and oxygen atoms in total. The lowest BCUT2D eigenvalue weighted by atomic mass is 9.85. The van der Waals surface area contributed by atoms with Gasteiger partial charge >= 0.3 is 0 Å². The molecule has 3 aliphatic carbocycles. The summed E-state index contributed by atoms with van der Waals surface area (Å²) in [5, 5.41) is 0. The Bertz CT molecular complexity index is 346. The van der Waals surface area contributed by atoms with Gasteiger partial charge in [-0.25, -0.2) is 0 Å². The van der Waals surface area contributed by atoms with Crippen LogP contribution in [0.5, 0.6) is 0 Å². The molecule has 6 atom stereocenters. The van der Waals surface area contributed by atoms with Crippen molar-refractivity contribution in [1.29, 1.82) is 0 Å². The highest BCUT2D eigenvalue weighted by atomic mass is 16.6. The minimum absolute atomic E-state index is 0.268. The topological polar surface area (TPSA) is 29.6 Å². The van der Waals surface area contributed by atoms with Crippen LogP contribution >= 0.6 is 0 Å². The molecule has 4 aliphatic rings. The molecule has 0 aromatic rings. The molecule has 0 aromatic heterocycles. The Balaban J connectivity index is 1.86. The second-order valence-corrected chi connectivity index (χ2v) is 5.06. The molecule has 0 N–H and O–H groups in total. The smallest absolute Gasteiger partial charge is 0.171 e. The average Bonchev–Trinajstić information content (AvgIpc) is 2.55. The second kappa shape index (κ2) is 1.63. The van der Waals surface area contributed by atoms with E-state index in [0.29, 0.717) is 29.5 Å². The maximum Gasteiger partial charge on any atom is 0.171 e. The summed E-state index contributed by atoms with van der Waals surface area (Å²) in [4.78, 5) is 12.0. The lowest BCUT2D eigenvalue weighted by molar-refractivity contribution is -0.128. The Morgan fingerprint density at radius 3 is 3.00 bits per heavy atom. The molecule has 1 heterocycles. The quantitative estimate of drug-likeness (QED) is 0.409. The summed E-state index contributed by atoms with van der Waals surface area (Å²) in [7, 11) is 0. The number of fused-ring (bicyclic) bond motifs is 7. The van der Waals surface area contributed by atoms with Crippen LogP contribution in [0.25, 0.3) is 0 Å². The fourth-order valence-corrected chi connectivity index (χ4v) is 3.85. The zero-order valence-electron chi connectivity index (χ0n) is 7.57. The molecule has 3 fully saturated rings. The van der Waals surface area contributed by atoms with Crippen LogP contribution in [0.1, 0.15) is 13.3 Å². The minimum Gasteiger partial charge on any atom is -0.358 e. The minimum atomic E-state index is -0.363. The van der Waals surface area contributed by atoms with Gasteiger partial charge in [-0.2, -0.15) is 0 Å². The summed E-state index contributed by atoms with van der Waals surface area (Å²) < 4.78 is 5.54. The SMILES string of the molecule is C[C@@]12O[C@@H]1[C@@H]1[C@H](C2=O)[C@@H]2C=C[C@H]1C2. The van der Waals surface area contributed by atoms with Crippen molar-refractivity contribution in [2.45, 2.75) is 25.0 Å². The predicted molar refractivity (Wildman–Crippen MR) is 46.0 cm³/mol. The number of carbonyl (C=O) groups excluding carboxylic acids is 1. The number of hydrogen-bond donors (Lipinski definition) is 0. The van der Waals surface area contributed by atoms with E-state index >= 15 is 0 Å². The maximum atomic E-state index is 12.0. The van der Waals surface area contributed by atoms with Crippen LogP contribution in [0.15, 0.2) is 12.2 Å². The molecule has 0 amide bonds. The maximum absolute atomic E-state index is 12.0. The van der Waals surface area contributed by atoms with Gasteiger partial charge in [-0.1, -0.05) is 12.2 Å². The molecule has 1 aliphatic heterocycles. The largest absolute Gasteiger partial charge is 0.358 e. The third-order valence-corrected chi connectivity index (χ3v) is 4.52. The molecule has 2 heteroatoms. The van der Waals surface area contributed by atoms with Gasteiger partial charge in [-0.15, -0.1) is 0 Å². The van der Waals surface area contributed by atoms with Crippen LogP contribution in [-0.4, -0.2) is 17.5 Å². The van der Waals surface area contributed by atoms with E-state index in [0.717, 1.165) is 0 Å². The number of epoxide rings is 1. The summed E-state index contributed by atoms with van der Waals surface area (Å²) in [5.41, 5.74) is -0.363. The summed E-state index contributed by atoms with van der Waals surface area (Å²) >= 11 is 0. The Hall–Kier alpha value is -0.630. The first kappa shape index (κ1) is 6.77. The standard InChI is InChI=1S/C11H12O2/c1-11-9(12)7-5-2-3-6(4-5)8(7)10(11)13-11/h2-3,5-8,10H,4H2,1H3/t5-,6+,7-,8+,10-,11+/m1/s1. The molecule has 4 rings (SSSR count). The molecule has 2 saturated carbocycles. The van der Waals surface area contributed by atoms with Gasteiger partial charge in [0.15, 0.2) is 11.4 Å². The van der Waals surface area contributed by atoms with E-state index in [2.05, 4.69) is 12.2 Å². The number of hydrogen-bond acceptors (Lipinski definition) is 2. The number of allylic oxidation sites excluding steroid dienone is 2. The highest BCUT2D eigenvalue weighted by Gasteiger charge is 2.75. The van der Waals surface area contributed by atoms with Crippen molar-refractivity contribution < 1.29 is 9.53 Å². The fourth-order valence-electron chi connectivity index (χ4n) is 3.85. The molecular weight excluding hydrogens is 164 g/mol. The second-order valence-electron chi connectivity index (χ2n) is 5.06. The summed E-state index contributed by atoms with van der Waals surface area (Å²) in [6.07, 6.45) is 6.02. The average molecular weight is 176 g/mol. The summed E-state index contributed by atoms with van der Waals surface area (Å²) in [5.74, 6) is 2.44. The molecule has 0 spiro atoms. The van der Waals surface area contributed by atoms with E-state index < -0.39 is 0 Å². The van der Waals surface area contributed by atoms with Gasteiger partial charge in [0.2, 0.25) is 0 Å².